The lowest BCUT2D eigenvalue weighted by atomic mass is 9.85. The first-order chi connectivity index (χ1) is 48.3. The van der Waals surface area contributed by atoms with E-state index in [1.165, 1.54) is 53.4 Å². The number of nitrogens with zero attached hydrogens (tertiary/aromatic N) is 6. The van der Waals surface area contributed by atoms with Gasteiger partial charge in [-0.3, -0.25) is 52.3 Å². The molecular formula is C68H97Cl4F3N9O18P3. The number of phosphoric ester groups is 3. The van der Waals surface area contributed by atoms with Crippen LogP contribution < -0.4 is 9.47 Å². The van der Waals surface area contributed by atoms with Crippen LogP contribution in [0.25, 0.3) is 0 Å². The number of phenolic OH excluding ortho intramolecular Hbond substituents is 1. The molecule has 37 heteroatoms. The predicted octanol–water partition coefficient (Wildman–Crippen LogP) is 17.8. The highest BCUT2D eigenvalue weighted by Gasteiger charge is 2.39. The van der Waals surface area contributed by atoms with Gasteiger partial charge in [-0.05, 0) is 158 Å². The van der Waals surface area contributed by atoms with Crippen LogP contribution in [0.15, 0.2) is 72.8 Å². The maximum Gasteiger partial charge on any atom is 0.478 e. The van der Waals surface area contributed by atoms with Gasteiger partial charge in [-0.2, -0.15) is 15.3 Å². The third-order valence-corrected chi connectivity index (χ3v) is 20.3. The number of phosphoric acid groups is 3. The van der Waals surface area contributed by atoms with E-state index in [-0.39, 0.29) is 106 Å². The van der Waals surface area contributed by atoms with Crippen molar-refractivity contribution >= 4 is 87.6 Å². The molecule has 0 aliphatic heterocycles. The summed E-state index contributed by atoms with van der Waals surface area (Å²) in [5.74, 6) is -1.42. The van der Waals surface area contributed by atoms with Gasteiger partial charge in [0, 0.05) is 92.4 Å². The Hall–Kier alpha value is -5.62. The number of carbonyl (C=O) groups excluding carboxylic acids is 3. The molecule has 3 fully saturated rings. The summed E-state index contributed by atoms with van der Waals surface area (Å²) in [6.07, 6.45) is 9.63. The van der Waals surface area contributed by atoms with Crippen molar-refractivity contribution in [1.29, 1.82) is 0 Å². The molecule has 0 atom stereocenters. The number of benzene rings is 3. The lowest BCUT2D eigenvalue weighted by Crippen LogP contribution is -2.37. The quantitative estimate of drug-likeness (QED) is 0.0144. The minimum absolute atomic E-state index is 0. The lowest BCUT2D eigenvalue weighted by molar-refractivity contribution is -0.0191. The third kappa shape index (κ3) is 32.2. The molecule has 105 heavy (non-hydrogen) atoms. The van der Waals surface area contributed by atoms with Gasteiger partial charge in [0.05, 0.1) is 22.4 Å². The fourth-order valence-corrected chi connectivity index (χ4v) is 14.2. The van der Waals surface area contributed by atoms with E-state index in [4.69, 9.17) is 92.8 Å². The first-order valence-corrected chi connectivity index (χ1v) is 39.3. The lowest BCUT2D eigenvalue weighted by Gasteiger charge is -2.32. The number of halogens is 7. The minimum atomic E-state index is -4.67. The molecular weight excluding hydrogens is 1520 g/mol. The first kappa shape index (κ1) is 90.0. The number of nitrogens with one attached hydrogen (secondary N) is 3. The first-order valence-electron chi connectivity index (χ1n) is 33.2. The van der Waals surface area contributed by atoms with E-state index < -0.39 is 76.9 Å². The molecule has 9 rings (SSSR count). The average molecular weight is 1620 g/mol. The Kier molecular flexibility index (Phi) is 34.0. The Balaban J connectivity index is 0.000000262. The van der Waals surface area contributed by atoms with Crippen LogP contribution in [0.1, 0.15) is 196 Å². The van der Waals surface area contributed by atoms with Gasteiger partial charge >= 0.3 is 23.5 Å². The topological polar surface area (TPSA) is 342 Å². The summed E-state index contributed by atoms with van der Waals surface area (Å²) in [6, 6.07) is 16.3. The van der Waals surface area contributed by atoms with E-state index in [0.29, 0.717) is 48.5 Å². The molecule has 586 valence electrons. The summed E-state index contributed by atoms with van der Waals surface area (Å²) in [6.45, 7) is 21.5. The third-order valence-electron chi connectivity index (χ3n) is 15.1. The second kappa shape index (κ2) is 39.7. The maximum atomic E-state index is 15.0. The van der Waals surface area contributed by atoms with E-state index in [1.807, 2.05) is 0 Å². The molecule has 3 aromatic heterocycles. The summed E-state index contributed by atoms with van der Waals surface area (Å²) in [7, 11) is -12.2. The Bertz CT molecular complexity index is 3910. The number of aromatic hydroxyl groups is 1. The molecule has 3 saturated carbocycles. The molecule has 6 aromatic rings. The Morgan fingerprint density at radius 2 is 0.781 bits per heavy atom. The van der Waals surface area contributed by atoms with Crippen molar-refractivity contribution in [2.75, 3.05) is 39.3 Å². The van der Waals surface area contributed by atoms with Crippen LogP contribution in [0.2, 0.25) is 15.5 Å². The number of rotatable bonds is 29. The van der Waals surface area contributed by atoms with Gasteiger partial charge in [0.15, 0.2) is 30.7 Å². The van der Waals surface area contributed by atoms with Crippen LogP contribution in [0, 0.1) is 35.2 Å². The zero-order chi connectivity index (χ0) is 77.2. The zero-order valence-corrected chi connectivity index (χ0v) is 65.7. The van der Waals surface area contributed by atoms with Gasteiger partial charge in [0.1, 0.15) is 56.2 Å². The number of ether oxygens (including phenoxy) is 2. The zero-order valence-electron chi connectivity index (χ0n) is 60.0. The number of aromatic amines is 3. The molecule has 6 N–H and O–H groups in total. The number of phenols is 1. The van der Waals surface area contributed by atoms with E-state index in [1.54, 1.807) is 105 Å². The molecule has 0 saturated heterocycles. The second-order valence-corrected chi connectivity index (χ2v) is 34.5. The van der Waals surface area contributed by atoms with Crippen molar-refractivity contribution in [2.45, 2.75) is 190 Å². The molecule has 0 bridgehead atoms. The summed E-state index contributed by atoms with van der Waals surface area (Å²) >= 11 is 22.9. The molecule has 0 radical (unpaired) electrons. The number of alkyl halides is 1. The summed E-state index contributed by atoms with van der Waals surface area (Å²) in [5, 5.41) is 29.4. The highest BCUT2D eigenvalue weighted by Crippen LogP contribution is 2.56. The van der Waals surface area contributed by atoms with E-state index in [0.717, 1.165) is 69.9 Å². The number of aromatic nitrogens is 6. The number of amides is 3. The van der Waals surface area contributed by atoms with Crippen LogP contribution in [-0.2, 0) is 65.0 Å². The number of hydrogen-bond acceptors (Lipinski definition) is 19. The van der Waals surface area contributed by atoms with Gasteiger partial charge in [-0.25, -0.2) is 35.9 Å². The molecule has 3 aliphatic rings. The second-order valence-electron chi connectivity index (χ2n) is 28.8. The van der Waals surface area contributed by atoms with Crippen molar-refractivity contribution in [3.63, 3.8) is 0 Å². The van der Waals surface area contributed by atoms with Crippen LogP contribution in [0.3, 0.4) is 0 Å². The fraction of sp³-hybridized carbons (Fsp3) is 0.559. The Morgan fingerprint density at radius 3 is 1.03 bits per heavy atom. The minimum Gasteiger partial charge on any atom is -0.508 e. The molecule has 27 nitrogen and oxygen atoms in total. The van der Waals surface area contributed by atoms with Gasteiger partial charge in [0.2, 0.25) is 0 Å². The number of H-pyrrole nitrogens is 3. The fourth-order valence-electron chi connectivity index (χ4n) is 9.97. The molecule has 3 heterocycles. The van der Waals surface area contributed by atoms with Crippen molar-refractivity contribution in [2.24, 2.45) is 17.8 Å². The number of hydrogen-bond donors (Lipinski definition) is 6. The van der Waals surface area contributed by atoms with E-state index in [9.17, 15) is 42.0 Å². The van der Waals surface area contributed by atoms with Crippen molar-refractivity contribution in [3.8, 4) is 17.2 Å². The summed E-state index contributed by atoms with van der Waals surface area (Å²) in [4.78, 5) is 60.4. The molecule has 3 amide bonds. The monoisotopic (exact) mass is 1620 g/mol. The molecule has 0 unspecified atom stereocenters. The van der Waals surface area contributed by atoms with Crippen molar-refractivity contribution in [3.05, 3.63) is 139 Å². The highest BCUT2D eigenvalue weighted by molar-refractivity contribution is 7.49. The standard InChI is InChI=1S/C25H36ClFN3O6P.C17H20ClFN3O6P.C16H17ClFN3O2.C9H20ClO4P.CH4/c1-24(2,3)35-37(32,36-25(4,5)6)34-16-33-19-11-10-18(20(27)12-19)15-30(14-17-8-7-9-17)23(31)21-13-22(26)29-28-21;18-16-7-15(20-21-16)17(23)22(8-11-2-1-3-11)9-12-4-5-13(6-14(12)19)27-10-28-29(24,25)26;17-15-7-14(19-20-15)16(23)21(8-10-2-1-3-10)9-11-4-5-12(22)6-13(11)18;1-8(2,3)13-15(11,12-7-10)14-9(4,5)6;/h10-13,17H,7-9,14-16H2,1-6H3,(H,28,29);4-7,11H,1-3,8-10H2,(H,20,21)(H2,24,25,26);4-7,10,22H,1-3,8-9H2,(H,19,20);7H2,1-6H3;1H4. The van der Waals surface area contributed by atoms with E-state index >= 15 is 4.39 Å². The molecule has 3 aliphatic carbocycles. The summed E-state index contributed by atoms with van der Waals surface area (Å²) < 4.78 is 126. The van der Waals surface area contributed by atoms with Crippen LogP contribution in [-0.4, -0.2) is 140 Å². The smallest absolute Gasteiger partial charge is 0.478 e. The van der Waals surface area contributed by atoms with Gasteiger partial charge in [-0.15, -0.1) is 0 Å². The van der Waals surface area contributed by atoms with Crippen LogP contribution in [0.4, 0.5) is 13.2 Å². The Morgan fingerprint density at radius 1 is 0.486 bits per heavy atom. The predicted molar refractivity (Wildman–Crippen MR) is 390 cm³/mol. The molecule has 0 spiro atoms. The highest BCUT2D eigenvalue weighted by atomic mass is 35.5. The van der Waals surface area contributed by atoms with Gasteiger partial charge < -0.3 is 39.1 Å². The largest absolute Gasteiger partial charge is 0.508 e. The van der Waals surface area contributed by atoms with Crippen molar-refractivity contribution < 1.29 is 97.3 Å². The SMILES string of the molecule is C.CC(C)(C)OP(=O)(OCCl)OC(C)(C)C.CC(C)(C)OP(=O)(OCOc1ccc(CN(CC2CCC2)C(=O)c2cc(Cl)[nH]n2)c(F)c1)OC(C)(C)C.O=C(c1cc(Cl)[nH]n1)N(Cc1ccc(O)cc1F)CC1CCC1.O=C(c1cc(Cl)[nH]n1)N(Cc1ccc(OCOP(=O)(O)O)cc1F)CC1CCC1. The molecule has 3 aromatic carbocycles. The van der Waals surface area contributed by atoms with Crippen LogP contribution >= 0.6 is 69.9 Å². The van der Waals surface area contributed by atoms with E-state index in [2.05, 4.69) is 35.1 Å². The number of carbonyl (C=O) groups is 3. The van der Waals surface area contributed by atoms with Gasteiger partial charge in [-0.1, -0.05) is 91.3 Å². The average Bonchev–Trinajstić information content (AvgIpc) is 1.84. The summed E-state index contributed by atoms with van der Waals surface area (Å²) in [5.41, 5.74) is -1.32. The Labute approximate surface area is 630 Å². The maximum absolute atomic E-state index is 15.0. The van der Waals surface area contributed by atoms with Crippen molar-refractivity contribution in [1.82, 2.24) is 45.3 Å². The normalized spacial score (nSPS) is 14.5. The van der Waals surface area contributed by atoms with Crippen LogP contribution in [0.5, 0.6) is 17.2 Å². The van der Waals surface area contributed by atoms with Gasteiger partial charge in [0.25, 0.3) is 17.7 Å².